The third-order valence-electron chi connectivity index (χ3n) is 6.92. The highest BCUT2D eigenvalue weighted by Crippen LogP contribution is 2.37. The molecule has 0 unspecified atom stereocenters. The van der Waals surface area contributed by atoms with Gasteiger partial charge in [0.15, 0.2) is 0 Å². The third kappa shape index (κ3) is 4.71. The Kier molecular flexibility index (Phi) is 6.63. The number of aliphatic hydroxyl groups is 1. The molecule has 156 valence electrons. The average Bonchev–Trinajstić information content (AvgIpc) is 2.88. The van der Waals surface area contributed by atoms with Crippen LogP contribution in [0.25, 0.3) is 0 Å². The van der Waals surface area contributed by atoms with Gasteiger partial charge in [-0.1, -0.05) is 30.3 Å². The molecule has 1 fully saturated rings. The molecule has 1 aliphatic carbocycles. The molecule has 0 radical (unpaired) electrons. The number of aromatic nitrogens is 1. The van der Waals surface area contributed by atoms with Gasteiger partial charge in [-0.2, -0.15) is 0 Å². The van der Waals surface area contributed by atoms with Crippen molar-refractivity contribution in [1.29, 1.82) is 0 Å². The zero-order chi connectivity index (χ0) is 20.2. The Balaban J connectivity index is 1.41. The van der Waals surface area contributed by atoms with Gasteiger partial charge in [-0.05, 0) is 73.7 Å². The molecule has 0 amide bonds. The van der Waals surface area contributed by atoms with Crippen molar-refractivity contribution in [2.75, 3.05) is 33.4 Å². The van der Waals surface area contributed by atoms with E-state index in [1.807, 2.05) is 13.2 Å². The van der Waals surface area contributed by atoms with Crippen molar-refractivity contribution in [3.05, 3.63) is 65.0 Å². The van der Waals surface area contributed by atoms with Gasteiger partial charge in [0.2, 0.25) is 0 Å². The average molecular weight is 395 g/mol. The van der Waals surface area contributed by atoms with E-state index in [1.165, 1.54) is 23.1 Å². The number of aryl methyl sites for hydroxylation is 2. The smallest absolute Gasteiger partial charge is 0.0965 e. The van der Waals surface area contributed by atoms with Crippen LogP contribution in [0.4, 0.5) is 0 Å². The zero-order valence-electron chi connectivity index (χ0n) is 17.8. The highest BCUT2D eigenvalue weighted by atomic mass is 16.5. The Morgan fingerprint density at radius 1 is 1.17 bits per heavy atom. The normalized spacial score (nSPS) is 28.0. The number of likely N-dealkylation sites (tertiary alicyclic amines) is 1. The molecule has 1 N–H and O–H groups in total. The first-order chi connectivity index (χ1) is 14.2. The fourth-order valence-electron chi connectivity index (χ4n) is 5.47. The predicted octanol–water partition coefficient (Wildman–Crippen LogP) is 4.13. The largest absolute Gasteiger partial charge is 0.387 e. The van der Waals surface area contributed by atoms with Gasteiger partial charge in [0.25, 0.3) is 0 Å². The lowest BCUT2D eigenvalue weighted by atomic mass is 9.79. The van der Waals surface area contributed by atoms with Crippen LogP contribution >= 0.6 is 0 Å². The van der Waals surface area contributed by atoms with Crippen LogP contribution in [0.15, 0.2) is 42.6 Å². The zero-order valence-corrected chi connectivity index (χ0v) is 17.8. The van der Waals surface area contributed by atoms with Gasteiger partial charge in [0.05, 0.1) is 18.4 Å². The van der Waals surface area contributed by atoms with E-state index in [-0.39, 0.29) is 0 Å². The number of piperidine rings is 1. The standard InChI is InChI=1S/C25H34N2O2/c1-18-6-3-4-8-22(18)23-11-13-27(16-21(23)17-29-2)15-19-9-10-20-7-5-12-26-25(20)24(28)14-19/h3-8,12,19,21,23-24,28H,9-11,13-17H2,1-2H3/t19-,21+,23-,24+/m1/s1. The number of aliphatic hydroxyl groups excluding tert-OH is 1. The van der Waals surface area contributed by atoms with E-state index in [1.54, 1.807) is 6.20 Å². The molecule has 4 heteroatoms. The molecular formula is C25H34N2O2. The van der Waals surface area contributed by atoms with Crippen molar-refractivity contribution in [2.24, 2.45) is 11.8 Å². The van der Waals surface area contributed by atoms with E-state index in [0.29, 0.717) is 17.8 Å². The SMILES string of the molecule is COC[C@@H]1CN(C[C@@H]2CCc3cccnc3[C@@H](O)C2)CC[C@H]1c1ccccc1C. The van der Waals surface area contributed by atoms with Crippen molar-refractivity contribution < 1.29 is 9.84 Å². The second kappa shape index (κ2) is 9.38. The molecule has 1 aliphatic heterocycles. The molecule has 2 aliphatic rings. The van der Waals surface area contributed by atoms with Crippen molar-refractivity contribution in [2.45, 2.75) is 44.6 Å². The molecule has 0 saturated carbocycles. The molecule has 4 atom stereocenters. The van der Waals surface area contributed by atoms with Gasteiger partial charge < -0.3 is 14.7 Å². The maximum Gasteiger partial charge on any atom is 0.0965 e. The van der Waals surface area contributed by atoms with Gasteiger partial charge in [-0.15, -0.1) is 0 Å². The minimum absolute atomic E-state index is 0.432. The molecule has 4 rings (SSSR count). The van der Waals surface area contributed by atoms with Crippen molar-refractivity contribution in [3.63, 3.8) is 0 Å². The van der Waals surface area contributed by atoms with Crippen LogP contribution in [0, 0.1) is 18.8 Å². The Bertz CT molecular complexity index is 809. The number of nitrogens with zero attached hydrogens (tertiary/aromatic N) is 2. The van der Waals surface area contributed by atoms with Crippen LogP contribution in [-0.2, 0) is 11.2 Å². The lowest BCUT2D eigenvalue weighted by Crippen LogP contribution is -2.43. The Morgan fingerprint density at radius 3 is 2.86 bits per heavy atom. The molecule has 1 saturated heterocycles. The predicted molar refractivity (Wildman–Crippen MR) is 116 cm³/mol. The van der Waals surface area contributed by atoms with Crippen LogP contribution in [-0.4, -0.2) is 48.3 Å². The number of hydrogen-bond donors (Lipinski definition) is 1. The van der Waals surface area contributed by atoms with Crippen LogP contribution in [0.1, 0.15) is 53.7 Å². The maximum atomic E-state index is 10.7. The topological polar surface area (TPSA) is 45.6 Å². The summed E-state index contributed by atoms with van der Waals surface area (Å²) in [5.41, 5.74) is 4.99. The quantitative estimate of drug-likeness (QED) is 0.775. The Labute approximate surface area is 174 Å². The molecule has 1 aromatic heterocycles. The number of benzene rings is 1. The molecule has 0 bridgehead atoms. The van der Waals surface area contributed by atoms with Crippen molar-refractivity contribution in [3.8, 4) is 0 Å². The van der Waals surface area contributed by atoms with E-state index >= 15 is 0 Å². The second-order valence-electron chi connectivity index (χ2n) is 8.93. The van der Waals surface area contributed by atoms with Crippen molar-refractivity contribution >= 4 is 0 Å². The molecule has 0 spiro atoms. The van der Waals surface area contributed by atoms with Crippen LogP contribution in [0.3, 0.4) is 0 Å². The number of ether oxygens (including phenoxy) is 1. The summed E-state index contributed by atoms with van der Waals surface area (Å²) in [5.74, 6) is 1.60. The van der Waals surface area contributed by atoms with Gasteiger partial charge in [0.1, 0.15) is 0 Å². The minimum atomic E-state index is -0.432. The summed E-state index contributed by atoms with van der Waals surface area (Å²) in [6.07, 6.45) is 5.51. The Morgan fingerprint density at radius 2 is 2.03 bits per heavy atom. The second-order valence-corrected chi connectivity index (χ2v) is 8.93. The summed E-state index contributed by atoms with van der Waals surface area (Å²) >= 11 is 0. The highest BCUT2D eigenvalue weighted by Gasteiger charge is 2.33. The van der Waals surface area contributed by atoms with E-state index < -0.39 is 6.10 Å². The number of hydrogen-bond acceptors (Lipinski definition) is 4. The van der Waals surface area contributed by atoms with E-state index in [0.717, 1.165) is 51.2 Å². The fraction of sp³-hybridized carbons (Fsp3) is 0.560. The van der Waals surface area contributed by atoms with Crippen molar-refractivity contribution in [1.82, 2.24) is 9.88 Å². The first kappa shape index (κ1) is 20.5. The molecule has 2 aromatic rings. The maximum absolute atomic E-state index is 10.7. The highest BCUT2D eigenvalue weighted by molar-refractivity contribution is 5.30. The molecule has 4 nitrogen and oxygen atoms in total. The Hall–Kier alpha value is -1.75. The molecule has 2 heterocycles. The summed E-state index contributed by atoms with van der Waals surface area (Å²) in [7, 11) is 1.82. The van der Waals surface area contributed by atoms with Gasteiger partial charge in [-0.25, -0.2) is 0 Å². The van der Waals surface area contributed by atoms with Crippen LogP contribution in [0.5, 0.6) is 0 Å². The van der Waals surface area contributed by atoms with Gasteiger partial charge in [0, 0.05) is 32.3 Å². The molecule has 1 aromatic carbocycles. The summed E-state index contributed by atoms with van der Waals surface area (Å²) in [4.78, 5) is 7.06. The lowest BCUT2D eigenvalue weighted by Gasteiger charge is -2.40. The fourth-order valence-corrected chi connectivity index (χ4v) is 5.47. The summed E-state index contributed by atoms with van der Waals surface area (Å²) in [6, 6.07) is 12.9. The summed E-state index contributed by atoms with van der Waals surface area (Å²) in [6.45, 7) is 6.29. The van der Waals surface area contributed by atoms with Gasteiger partial charge in [-0.3, -0.25) is 4.98 Å². The number of pyridine rings is 1. The minimum Gasteiger partial charge on any atom is -0.387 e. The van der Waals surface area contributed by atoms with E-state index in [4.69, 9.17) is 4.74 Å². The molecular weight excluding hydrogens is 360 g/mol. The summed E-state index contributed by atoms with van der Waals surface area (Å²) < 4.78 is 5.62. The number of rotatable bonds is 5. The van der Waals surface area contributed by atoms with Crippen LogP contribution < -0.4 is 0 Å². The monoisotopic (exact) mass is 394 g/mol. The third-order valence-corrected chi connectivity index (χ3v) is 6.92. The first-order valence-electron chi connectivity index (χ1n) is 11.0. The molecule has 29 heavy (non-hydrogen) atoms. The lowest BCUT2D eigenvalue weighted by molar-refractivity contribution is 0.0591. The first-order valence-corrected chi connectivity index (χ1v) is 11.0. The number of fused-ring (bicyclic) bond motifs is 1. The van der Waals surface area contributed by atoms with E-state index in [9.17, 15) is 5.11 Å². The van der Waals surface area contributed by atoms with E-state index in [2.05, 4.69) is 47.1 Å². The number of methoxy groups -OCH3 is 1. The van der Waals surface area contributed by atoms with Crippen LogP contribution in [0.2, 0.25) is 0 Å². The summed E-state index contributed by atoms with van der Waals surface area (Å²) in [5, 5.41) is 10.7. The van der Waals surface area contributed by atoms with Gasteiger partial charge >= 0.3 is 0 Å².